The van der Waals surface area contributed by atoms with Crippen LogP contribution in [0, 0.1) is 23.8 Å². The van der Waals surface area contributed by atoms with Gasteiger partial charge in [0, 0.05) is 10.5 Å². The normalized spacial score (nSPS) is 14.3. The number of benzene rings is 4. The number of nitriles is 1. The quantitative estimate of drug-likeness (QED) is 0.0946. The van der Waals surface area contributed by atoms with Crippen molar-refractivity contribution in [2.45, 2.75) is 12.8 Å². The van der Waals surface area contributed by atoms with E-state index in [4.69, 9.17) is 16.0 Å². The summed E-state index contributed by atoms with van der Waals surface area (Å²) in [5, 5.41) is 15.2. The van der Waals surface area contributed by atoms with Crippen LogP contribution in [-0.2, 0) is 0 Å². The lowest BCUT2D eigenvalue weighted by atomic mass is 9.85. The van der Waals surface area contributed by atoms with Gasteiger partial charge in [0.15, 0.2) is 0 Å². The van der Waals surface area contributed by atoms with Crippen molar-refractivity contribution < 1.29 is 9.47 Å². The fraction of sp³-hybridized carbons (Fsp3) is 0.171. The molecule has 0 bridgehead atoms. The van der Waals surface area contributed by atoms with Crippen LogP contribution in [0.3, 0.4) is 0 Å². The minimum absolute atomic E-state index is 0.0837. The van der Waals surface area contributed by atoms with Gasteiger partial charge in [0.05, 0.1) is 26.4 Å². The number of allylic oxidation sites excluding steroid dienone is 1. The number of rotatable bonds is 10. The molecule has 0 radical (unpaired) electrons. The summed E-state index contributed by atoms with van der Waals surface area (Å²) in [6.07, 6.45) is 2.28. The van der Waals surface area contributed by atoms with Crippen molar-refractivity contribution in [3.63, 3.8) is 0 Å². The Morgan fingerprint density at radius 1 is 0.745 bits per heavy atom. The molecule has 0 saturated carbocycles. The first-order valence-corrected chi connectivity index (χ1v) is 16.6. The van der Waals surface area contributed by atoms with E-state index in [2.05, 4.69) is 89.0 Å². The van der Waals surface area contributed by atoms with Gasteiger partial charge in [-0.1, -0.05) is 84.9 Å². The molecular formula is C41H35N3O2S. The van der Waals surface area contributed by atoms with E-state index in [0.717, 1.165) is 87.9 Å². The molecule has 1 N–H and O–H groups in total. The molecule has 47 heavy (non-hydrogen) atoms. The third-order valence-electron chi connectivity index (χ3n) is 8.46. The second kappa shape index (κ2) is 15.3. The van der Waals surface area contributed by atoms with E-state index >= 15 is 0 Å². The number of nitrogens with zero attached hydrogens (tertiary/aromatic N) is 2. The summed E-state index contributed by atoms with van der Waals surface area (Å²) in [4.78, 5) is 4.45. The van der Waals surface area contributed by atoms with Crippen LogP contribution in [0.2, 0.25) is 0 Å². The molecule has 1 aromatic heterocycles. The molecule has 1 saturated heterocycles. The molecule has 2 heterocycles. The Bertz CT molecular complexity index is 1910. The van der Waals surface area contributed by atoms with Crippen LogP contribution in [0.1, 0.15) is 45.5 Å². The number of thiophene rings is 1. The van der Waals surface area contributed by atoms with Crippen LogP contribution in [-0.4, -0.2) is 26.8 Å². The molecular weight excluding hydrogens is 599 g/mol. The highest BCUT2D eigenvalue weighted by molar-refractivity contribution is 7.11. The Morgan fingerprint density at radius 2 is 1.28 bits per heavy atom. The summed E-state index contributed by atoms with van der Waals surface area (Å²) in [6, 6.07) is 41.2. The number of nitrogens with one attached hydrogen (secondary N) is 1. The summed E-state index contributed by atoms with van der Waals surface area (Å²) in [5.74, 6) is 2.24. The Hall–Kier alpha value is -5.40. The number of hydrogen-bond donors (Lipinski definition) is 1. The number of piperidine rings is 1. The molecule has 0 unspecified atom stereocenters. The predicted molar refractivity (Wildman–Crippen MR) is 191 cm³/mol. The highest BCUT2D eigenvalue weighted by atomic mass is 32.1. The Kier molecular flexibility index (Phi) is 10.3. The minimum atomic E-state index is 0.0837. The van der Waals surface area contributed by atoms with Crippen molar-refractivity contribution in [2.24, 2.45) is 5.92 Å². The van der Waals surface area contributed by atoms with Crippen LogP contribution in [0.4, 0.5) is 0 Å². The Balaban J connectivity index is 1.47. The average Bonchev–Trinajstić information content (AvgIpc) is 3.68. The maximum atomic E-state index is 9.78. The molecule has 0 spiro atoms. The van der Waals surface area contributed by atoms with E-state index in [0.29, 0.717) is 11.5 Å². The van der Waals surface area contributed by atoms with E-state index in [1.807, 2.05) is 47.8 Å². The summed E-state index contributed by atoms with van der Waals surface area (Å²) in [5.41, 5.74) is 7.92. The summed E-state index contributed by atoms with van der Waals surface area (Å²) in [6.45, 7) is 10.5. The topological polar surface area (TPSA) is 58.6 Å². The third-order valence-corrected chi connectivity index (χ3v) is 9.35. The van der Waals surface area contributed by atoms with Crippen molar-refractivity contribution in [1.29, 1.82) is 5.26 Å². The van der Waals surface area contributed by atoms with Gasteiger partial charge in [-0.25, -0.2) is 10.1 Å². The van der Waals surface area contributed by atoms with Crippen molar-refractivity contribution >= 4 is 28.1 Å². The molecule has 1 fully saturated rings. The Labute approximate surface area is 280 Å². The molecule has 1 aliphatic heterocycles. The molecule has 0 atom stereocenters. The molecule has 0 amide bonds. The molecule has 1 aliphatic rings. The minimum Gasteiger partial charge on any atom is -0.497 e. The van der Waals surface area contributed by atoms with Crippen molar-refractivity contribution in [3.8, 4) is 17.6 Å². The van der Waals surface area contributed by atoms with Gasteiger partial charge in [-0.15, -0.1) is 11.3 Å². The average molecular weight is 634 g/mol. The molecule has 5 aromatic rings. The number of methoxy groups -OCH3 is 1. The third kappa shape index (κ3) is 7.37. The van der Waals surface area contributed by atoms with E-state index < -0.39 is 0 Å². The first kappa shape index (κ1) is 31.6. The van der Waals surface area contributed by atoms with Crippen molar-refractivity contribution in [2.75, 3.05) is 26.8 Å². The lowest BCUT2D eigenvalue weighted by Crippen LogP contribution is -2.30. The van der Waals surface area contributed by atoms with Gasteiger partial charge in [0.2, 0.25) is 0 Å². The second-order valence-corrected chi connectivity index (χ2v) is 12.3. The van der Waals surface area contributed by atoms with Gasteiger partial charge < -0.3 is 14.8 Å². The summed E-state index contributed by atoms with van der Waals surface area (Å²) < 4.78 is 11.7. The highest BCUT2D eigenvalue weighted by Gasteiger charge is 2.19. The Morgan fingerprint density at radius 3 is 1.79 bits per heavy atom. The first-order chi connectivity index (χ1) is 23.2. The molecule has 232 valence electrons. The largest absolute Gasteiger partial charge is 0.497 e. The summed E-state index contributed by atoms with van der Waals surface area (Å²) >= 11 is 1.52. The molecule has 0 aliphatic carbocycles. The van der Waals surface area contributed by atoms with E-state index in [1.54, 1.807) is 7.11 Å². The van der Waals surface area contributed by atoms with Crippen LogP contribution in [0.15, 0.2) is 126 Å². The van der Waals surface area contributed by atoms with Gasteiger partial charge in [-0.3, -0.25) is 0 Å². The van der Waals surface area contributed by atoms with Crippen molar-refractivity contribution in [1.82, 2.24) is 5.32 Å². The number of ether oxygens (including phenoxy) is 2. The van der Waals surface area contributed by atoms with E-state index in [-0.39, 0.29) is 5.70 Å². The fourth-order valence-electron chi connectivity index (χ4n) is 6.01. The predicted octanol–water partition coefficient (Wildman–Crippen LogP) is 9.34. The maximum absolute atomic E-state index is 9.78. The SMILES string of the molecule is [C-]#[N+]/C(C#N)=C(\c1ccc(C(=C(c2ccc(OC)cc2)c2ccc(OCC3CCNCC3)cc2)c2ccccc2)cc1)c1cccs1. The maximum Gasteiger partial charge on any atom is 0.270 e. The molecule has 6 rings (SSSR count). The zero-order valence-corrected chi connectivity index (χ0v) is 27.1. The van der Waals surface area contributed by atoms with Crippen LogP contribution >= 0.6 is 11.3 Å². The first-order valence-electron chi connectivity index (χ1n) is 15.7. The fourth-order valence-corrected chi connectivity index (χ4v) is 6.80. The van der Waals surface area contributed by atoms with E-state index in [1.165, 1.54) is 11.3 Å². The number of hydrogen-bond acceptors (Lipinski definition) is 5. The lowest BCUT2D eigenvalue weighted by molar-refractivity contribution is 0.215. The van der Waals surface area contributed by atoms with Gasteiger partial charge in [0.1, 0.15) is 11.5 Å². The zero-order chi connectivity index (χ0) is 32.4. The standard InChI is InChI=1S/C41H35N3O2S/c1-43-37(27-42)41(38-9-6-26-47-38)34-12-10-31(11-13-34)39(30-7-4-3-5-8-30)40(32-14-18-35(45-2)19-15-32)33-16-20-36(21-17-33)46-28-29-22-24-44-25-23-29/h3-21,26,29,44H,22-25,28H2,2H3/b40-39?,41-37+. The summed E-state index contributed by atoms with van der Waals surface area (Å²) in [7, 11) is 1.68. The molecule has 6 heteroatoms. The monoisotopic (exact) mass is 633 g/mol. The van der Waals surface area contributed by atoms with Gasteiger partial charge in [-0.05, 0) is 107 Å². The van der Waals surface area contributed by atoms with Gasteiger partial charge in [0.25, 0.3) is 5.70 Å². The molecule has 5 nitrogen and oxygen atoms in total. The zero-order valence-electron chi connectivity index (χ0n) is 26.3. The van der Waals surface area contributed by atoms with Crippen LogP contribution < -0.4 is 14.8 Å². The highest BCUT2D eigenvalue weighted by Crippen LogP contribution is 2.39. The molecule has 4 aromatic carbocycles. The lowest BCUT2D eigenvalue weighted by Gasteiger charge is -2.23. The van der Waals surface area contributed by atoms with Crippen molar-refractivity contribution in [3.05, 3.63) is 170 Å². The van der Waals surface area contributed by atoms with Crippen LogP contribution in [0.5, 0.6) is 11.5 Å². The smallest absolute Gasteiger partial charge is 0.270 e. The van der Waals surface area contributed by atoms with Gasteiger partial charge in [-0.2, -0.15) is 0 Å². The van der Waals surface area contributed by atoms with Gasteiger partial charge >= 0.3 is 0 Å². The van der Waals surface area contributed by atoms with E-state index in [9.17, 15) is 5.26 Å². The second-order valence-electron chi connectivity index (χ2n) is 11.4. The van der Waals surface area contributed by atoms with Crippen LogP contribution in [0.25, 0.3) is 21.6 Å².